The van der Waals surface area contributed by atoms with Crippen LogP contribution >= 0.6 is 0 Å². The quantitative estimate of drug-likeness (QED) is 0.160. The Labute approximate surface area is 553 Å². The molecule has 5 heteroatoms. The second kappa shape index (κ2) is 19.5. The molecule has 0 radical (unpaired) electrons. The predicted molar refractivity (Wildman–Crippen MR) is 400 cm³/mol. The normalized spacial score (nSPS) is 14.2. The van der Waals surface area contributed by atoms with Gasteiger partial charge in [-0.2, -0.15) is 0 Å². The number of hydrogen-bond acceptors (Lipinski definition) is 2. The Morgan fingerprint density at radius 2 is 0.798 bits per heavy atom. The van der Waals surface area contributed by atoms with Gasteiger partial charge in [0.2, 0.25) is 0 Å². The molecule has 94 heavy (non-hydrogen) atoms. The van der Waals surface area contributed by atoms with Gasteiger partial charge in [0, 0.05) is 61.4 Å². The predicted octanol–water partition coefficient (Wildman–Crippen LogP) is 21.5. The van der Waals surface area contributed by atoms with Crippen LogP contribution in [0, 0.1) is 0 Å². The summed E-state index contributed by atoms with van der Waals surface area (Å²) in [4.78, 5) is 5.17. The molecule has 2 aliphatic heterocycles. The van der Waals surface area contributed by atoms with E-state index in [0.29, 0.717) is 0 Å². The Hall–Kier alpha value is -10.1. The van der Waals surface area contributed by atoms with Crippen LogP contribution in [0.15, 0.2) is 249 Å². The maximum Gasteiger partial charge on any atom is 0.252 e. The maximum atomic E-state index is 2.69. The zero-order valence-electron chi connectivity index (χ0n) is 56.0. The Morgan fingerprint density at radius 1 is 0.319 bits per heavy atom. The lowest BCUT2D eigenvalue weighted by Crippen LogP contribution is -2.60. The van der Waals surface area contributed by atoms with Crippen LogP contribution in [0.5, 0.6) is 0 Å². The van der Waals surface area contributed by atoms with Gasteiger partial charge < -0.3 is 18.9 Å². The van der Waals surface area contributed by atoms with Crippen LogP contribution in [0.1, 0.15) is 128 Å². The summed E-state index contributed by atoms with van der Waals surface area (Å²) < 4.78 is 5.33. The third-order valence-electron chi connectivity index (χ3n) is 21.7. The summed E-state index contributed by atoms with van der Waals surface area (Å²) in [6.45, 7) is 27.8. The molecule has 4 aliphatic rings. The summed E-state index contributed by atoms with van der Waals surface area (Å²) in [6, 6.07) is 96.8. The summed E-state index contributed by atoms with van der Waals surface area (Å²) in [6.07, 6.45) is 0. The molecule has 0 N–H and O–H groups in total. The number of nitrogens with zero attached hydrogens (tertiary/aromatic N) is 4. The Kier molecular flexibility index (Phi) is 11.7. The minimum absolute atomic E-state index is 0.0231. The van der Waals surface area contributed by atoms with E-state index in [2.05, 4.69) is 351 Å². The highest BCUT2D eigenvalue weighted by Crippen LogP contribution is 2.64. The van der Waals surface area contributed by atoms with Crippen molar-refractivity contribution in [2.24, 2.45) is 0 Å². The van der Waals surface area contributed by atoms with E-state index >= 15 is 0 Å². The SMILES string of the molecule is CC(C)(C)c1ccc(N(c2ccc(C(C)(C)C)cc2)c2cc3c4c(c2)-n2c5ccccc5c5c2c(cc2c6ccccc6n(-c6cc(C(C)(C)C)cc(C(C)(C)C)c6)c25)B4c2cc4c(cc2N3c2ccccc2)C2(c3ccccc3-c3ccccc32)c2ccccc2-4)cc1. The second-order valence-corrected chi connectivity index (χ2v) is 31.3. The lowest BCUT2D eigenvalue weighted by atomic mass is 9.33. The summed E-state index contributed by atoms with van der Waals surface area (Å²) in [5.41, 5.74) is 33.0. The number of benzene rings is 12. The fourth-order valence-electron chi connectivity index (χ4n) is 17.1. The van der Waals surface area contributed by atoms with E-state index in [0.717, 1.165) is 22.7 Å². The van der Waals surface area contributed by atoms with E-state index in [1.54, 1.807) is 0 Å². The minimum Gasteiger partial charge on any atom is -0.311 e. The minimum atomic E-state index is -0.552. The first kappa shape index (κ1) is 56.6. The van der Waals surface area contributed by atoms with E-state index in [1.165, 1.54) is 150 Å². The van der Waals surface area contributed by atoms with Crippen LogP contribution < -0.4 is 26.2 Å². The molecule has 456 valence electrons. The number of hydrogen-bond donors (Lipinski definition) is 0. The average Bonchev–Trinajstić information content (AvgIpc) is 1.46. The van der Waals surface area contributed by atoms with Crippen LogP contribution in [-0.2, 0) is 27.1 Å². The number of fused-ring (bicyclic) bond motifs is 21. The average molecular weight is 1210 g/mol. The molecule has 0 bridgehead atoms. The second-order valence-electron chi connectivity index (χ2n) is 31.3. The summed E-state index contributed by atoms with van der Waals surface area (Å²) >= 11 is 0. The van der Waals surface area contributed by atoms with E-state index in [1.807, 2.05) is 0 Å². The standard InChI is InChI=1S/C89H77BN4/c1-85(2,3)54-38-42-59(43-39-54)91(60-44-40-55(41-45-60)86(4,5)6)62-49-79-82-80(50-62)94-77-37-25-20-32-67(77)81-83-69(66-31-19-24-36-76(66)93(83)61-47-56(87(7,8)9)46-57(48-61)88(10,11)12)52-75(84(81)94)90(82)74-51-68-65-30-18-23-35-72(65)89(73(68)53-78(74)92(79)58-26-14-13-15-27-58)70-33-21-16-28-63(70)64-29-17-22-34-71(64)89/h13-53H,1-12H3. The lowest BCUT2D eigenvalue weighted by molar-refractivity contribution is 0.568. The summed E-state index contributed by atoms with van der Waals surface area (Å²) in [5, 5.41) is 5.04. The van der Waals surface area contributed by atoms with Crippen molar-refractivity contribution in [1.82, 2.24) is 9.13 Å². The molecule has 0 atom stereocenters. The topological polar surface area (TPSA) is 16.3 Å². The molecule has 14 aromatic rings. The molecule has 2 aromatic heterocycles. The van der Waals surface area contributed by atoms with Gasteiger partial charge in [-0.3, -0.25) is 0 Å². The molecule has 0 unspecified atom stereocenters. The van der Waals surface area contributed by atoms with Crippen LogP contribution in [-0.4, -0.2) is 15.8 Å². The largest absolute Gasteiger partial charge is 0.311 e. The maximum absolute atomic E-state index is 2.69. The van der Waals surface area contributed by atoms with E-state index < -0.39 is 5.41 Å². The summed E-state index contributed by atoms with van der Waals surface area (Å²) in [5.74, 6) is 0. The first-order valence-electron chi connectivity index (χ1n) is 33.9. The first-order chi connectivity index (χ1) is 45.2. The third kappa shape index (κ3) is 7.88. The van der Waals surface area contributed by atoms with Crippen molar-refractivity contribution in [3.63, 3.8) is 0 Å². The van der Waals surface area contributed by atoms with Crippen molar-refractivity contribution in [3.8, 4) is 33.6 Å². The molecule has 1 spiro atoms. The third-order valence-corrected chi connectivity index (χ3v) is 21.7. The molecule has 12 aromatic carbocycles. The van der Waals surface area contributed by atoms with Crippen LogP contribution in [0.4, 0.5) is 34.1 Å². The number of para-hydroxylation sites is 3. The van der Waals surface area contributed by atoms with Gasteiger partial charge >= 0.3 is 0 Å². The van der Waals surface area contributed by atoms with Gasteiger partial charge in [0.15, 0.2) is 0 Å². The molecule has 0 saturated heterocycles. The van der Waals surface area contributed by atoms with E-state index in [4.69, 9.17) is 0 Å². The van der Waals surface area contributed by atoms with Crippen molar-refractivity contribution in [2.75, 3.05) is 9.80 Å². The molecule has 0 fully saturated rings. The first-order valence-corrected chi connectivity index (χ1v) is 33.9. The molecule has 0 saturated carbocycles. The molecular formula is C89H77BN4. The Balaban J connectivity index is 1.02. The van der Waals surface area contributed by atoms with Gasteiger partial charge in [-0.1, -0.05) is 253 Å². The van der Waals surface area contributed by atoms with Crippen LogP contribution in [0.2, 0.25) is 0 Å². The van der Waals surface area contributed by atoms with E-state index in [-0.39, 0.29) is 28.4 Å². The van der Waals surface area contributed by atoms with Gasteiger partial charge in [0.25, 0.3) is 6.71 Å². The molecule has 4 heterocycles. The summed E-state index contributed by atoms with van der Waals surface area (Å²) in [7, 11) is 0. The van der Waals surface area contributed by atoms with Gasteiger partial charge in [-0.05, 0) is 184 Å². The van der Waals surface area contributed by atoms with Gasteiger partial charge in [0.1, 0.15) is 0 Å². The van der Waals surface area contributed by atoms with Gasteiger partial charge in [-0.15, -0.1) is 0 Å². The molecule has 0 amide bonds. The Bertz CT molecular complexity index is 5400. The van der Waals surface area contributed by atoms with Gasteiger partial charge in [-0.25, -0.2) is 0 Å². The van der Waals surface area contributed by atoms with E-state index in [9.17, 15) is 0 Å². The fraction of sp³-hybridized carbons (Fsp3) is 0.191. The fourth-order valence-corrected chi connectivity index (χ4v) is 17.1. The zero-order valence-corrected chi connectivity index (χ0v) is 56.0. The lowest BCUT2D eigenvalue weighted by Gasteiger charge is -2.42. The Morgan fingerprint density at radius 3 is 1.35 bits per heavy atom. The van der Waals surface area contributed by atoms with Crippen LogP contribution in [0.3, 0.4) is 0 Å². The highest BCUT2D eigenvalue weighted by molar-refractivity contribution is 7.00. The molecular weight excluding hydrogens is 1140 g/mol. The molecule has 18 rings (SSSR count). The van der Waals surface area contributed by atoms with Gasteiger partial charge in [0.05, 0.1) is 33.2 Å². The number of anilines is 6. The van der Waals surface area contributed by atoms with Crippen molar-refractivity contribution >= 4 is 101 Å². The smallest absolute Gasteiger partial charge is 0.252 e. The van der Waals surface area contributed by atoms with Crippen molar-refractivity contribution in [3.05, 3.63) is 293 Å². The zero-order chi connectivity index (χ0) is 64.3. The monoisotopic (exact) mass is 1210 g/mol. The van der Waals surface area contributed by atoms with Crippen molar-refractivity contribution in [2.45, 2.75) is 110 Å². The number of rotatable bonds is 5. The highest BCUT2D eigenvalue weighted by Gasteiger charge is 2.54. The molecule has 4 nitrogen and oxygen atoms in total. The number of aromatic nitrogens is 2. The molecule has 2 aliphatic carbocycles. The highest BCUT2D eigenvalue weighted by atomic mass is 15.2. The van der Waals surface area contributed by atoms with Crippen LogP contribution in [0.25, 0.3) is 77.2 Å². The van der Waals surface area contributed by atoms with Crippen molar-refractivity contribution in [1.29, 1.82) is 0 Å². The van der Waals surface area contributed by atoms with Crippen molar-refractivity contribution < 1.29 is 0 Å².